The van der Waals surface area contributed by atoms with Gasteiger partial charge in [0.05, 0.1) is 6.61 Å². The molecule has 0 spiro atoms. The molecule has 0 fully saturated rings. The highest BCUT2D eigenvalue weighted by molar-refractivity contribution is 8.09. The van der Waals surface area contributed by atoms with E-state index in [4.69, 9.17) is 5.11 Å². The van der Waals surface area contributed by atoms with Crippen molar-refractivity contribution in [3.8, 4) is 0 Å². The van der Waals surface area contributed by atoms with Gasteiger partial charge in [0, 0.05) is 11.5 Å². The van der Waals surface area contributed by atoms with Crippen molar-refractivity contribution < 1.29 is 42.4 Å². The number of aliphatic hydroxyl groups is 5. The Labute approximate surface area is 123 Å². The van der Waals surface area contributed by atoms with Gasteiger partial charge in [-0.05, 0) is 0 Å². The van der Waals surface area contributed by atoms with E-state index in [1.807, 2.05) is 0 Å². The molecule has 0 bridgehead atoms. The van der Waals surface area contributed by atoms with Crippen molar-refractivity contribution in [1.29, 1.82) is 0 Å². The Kier molecular flexibility index (Phi) is 7.70. The largest absolute Gasteiger partial charge is 0.394 e. The van der Waals surface area contributed by atoms with Crippen molar-refractivity contribution in [1.82, 2.24) is 0 Å². The SMILES string of the molecule is CCS(=O)(=O)C([C@@H](O)[C@@H](O)[C@H](O)[C@H](O)CO)S(=O)(=O)CC. The van der Waals surface area contributed by atoms with E-state index in [-0.39, 0.29) is 0 Å². The van der Waals surface area contributed by atoms with Crippen LogP contribution in [0.5, 0.6) is 0 Å². The number of sulfone groups is 2. The minimum atomic E-state index is -4.29. The normalized spacial score (nSPS) is 19.2. The van der Waals surface area contributed by atoms with E-state index in [9.17, 15) is 37.3 Å². The lowest BCUT2D eigenvalue weighted by atomic mass is 10.0. The number of aliphatic hydroxyl groups excluding tert-OH is 5. The lowest BCUT2D eigenvalue weighted by molar-refractivity contribution is -0.111. The predicted molar refractivity (Wildman–Crippen MR) is 73.8 cm³/mol. The first-order valence-corrected chi connectivity index (χ1v) is 9.65. The Morgan fingerprint density at radius 3 is 1.43 bits per heavy atom. The third kappa shape index (κ3) is 4.84. The average molecular weight is 350 g/mol. The molecule has 0 aromatic rings. The van der Waals surface area contributed by atoms with Crippen LogP contribution in [0.15, 0.2) is 0 Å². The highest BCUT2D eigenvalue weighted by Gasteiger charge is 2.46. The molecule has 0 heterocycles. The second kappa shape index (κ2) is 7.81. The van der Waals surface area contributed by atoms with Crippen LogP contribution in [0.4, 0.5) is 0 Å². The van der Waals surface area contributed by atoms with Crippen LogP contribution in [0, 0.1) is 0 Å². The molecule has 0 aromatic carbocycles. The number of hydrogen-bond acceptors (Lipinski definition) is 9. The summed E-state index contributed by atoms with van der Waals surface area (Å²) < 4.78 is 45.2. The van der Waals surface area contributed by atoms with Gasteiger partial charge in [-0.3, -0.25) is 0 Å². The van der Waals surface area contributed by atoms with Crippen molar-refractivity contribution in [2.75, 3.05) is 18.1 Å². The molecular formula is C10H22O9S2. The monoisotopic (exact) mass is 350 g/mol. The molecule has 0 aromatic heterocycles. The Morgan fingerprint density at radius 2 is 1.14 bits per heavy atom. The molecule has 0 rings (SSSR count). The van der Waals surface area contributed by atoms with E-state index in [2.05, 4.69) is 0 Å². The van der Waals surface area contributed by atoms with Crippen LogP contribution < -0.4 is 0 Å². The van der Waals surface area contributed by atoms with Crippen molar-refractivity contribution in [2.45, 2.75) is 42.8 Å². The van der Waals surface area contributed by atoms with Gasteiger partial charge in [-0.2, -0.15) is 0 Å². The summed E-state index contributed by atoms with van der Waals surface area (Å²) in [5.74, 6) is -1.20. The molecule has 4 atom stereocenters. The van der Waals surface area contributed by atoms with Gasteiger partial charge in [0.2, 0.25) is 0 Å². The van der Waals surface area contributed by atoms with Crippen molar-refractivity contribution in [2.24, 2.45) is 0 Å². The molecule has 0 radical (unpaired) electrons. The summed E-state index contributed by atoms with van der Waals surface area (Å²) in [5.41, 5.74) is 0. The van der Waals surface area contributed by atoms with Gasteiger partial charge in [-0.1, -0.05) is 13.8 Å². The quantitative estimate of drug-likeness (QED) is 0.285. The maximum Gasteiger partial charge on any atom is 0.191 e. The van der Waals surface area contributed by atoms with Crippen molar-refractivity contribution in [3.63, 3.8) is 0 Å². The molecule has 0 saturated heterocycles. The molecule has 0 amide bonds. The van der Waals surface area contributed by atoms with Crippen LogP contribution in [-0.4, -0.2) is 89.5 Å². The third-order valence-corrected chi connectivity index (χ3v) is 8.41. The Bertz CT molecular complexity index is 479. The summed E-state index contributed by atoms with van der Waals surface area (Å²) in [4.78, 5) is 0. The van der Waals surface area contributed by atoms with E-state index in [0.717, 1.165) is 0 Å². The minimum absolute atomic E-state index is 0.598. The maximum atomic E-state index is 11.9. The molecule has 21 heavy (non-hydrogen) atoms. The standard InChI is InChI=1S/C10H22O9S2/c1-3-20(16,17)10(21(18,19)4-2)9(15)8(14)7(13)6(12)5-11/h6-15H,3-5H2,1-2H3/t6-,7-,8+,9+/m1/s1. The molecule has 0 aliphatic heterocycles. The fraction of sp³-hybridized carbons (Fsp3) is 1.00. The highest BCUT2D eigenvalue weighted by atomic mass is 32.3. The first kappa shape index (κ1) is 20.7. The van der Waals surface area contributed by atoms with Gasteiger partial charge < -0.3 is 25.5 Å². The highest BCUT2D eigenvalue weighted by Crippen LogP contribution is 2.21. The van der Waals surface area contributed by atoms with E-state index in [0.29, 0.717) is 0 Å². The van der Waals surface area contributed by atoms with Crippen molar-refractivity contribution in [3.05, 3.63) is 0 Å². The van der Waals surface area contributed by atoms with Gasteiger partial charge in [-0.15, -0.1) is 0 Å². The van der Waals surface area contributed by atoms with Crippen LogP contribution in [-0.2, 0) is 19.7 Å². The smallest absolute Gasteiger partial charge is 0.191 e. The fourth-order valence-corrected chi connectivity index (χ4v) is 6.11. The summed E-state index contributed by atoms with van der Waals surface area (Å²) in [7, 11) is -8.59. The second-order valence-electron chi connectivity index (χ2n) is 4.49. The Balaban J connectivity index is 5.67. The molecule has 11 heteroatoms. The van der Waals surface area contributed by atoms with Gasteiger partial charge in [0.1, 0.15) is 24.4 Å². The first-order chi connectivity index (χ1) is 9.46. The van der Waals surface area contributed by atoms with Crippen LogP contribution >= 0.6 is 0 Å². The zero-order valence-electron chi connectivity index (χ0n) is 11.7. The van der Waals surface area contributed by atoms with E-state index in [1.165, 1.54) is 13.8 Å². The van der Waals surface area contributed by atoms with E-state index >= 15 is 0 Å². The fourth-order valence-electron chi connectivity index (χ4n) is 1.68. The summed E-state index contributed by atoms with van der Waals surface area (Å²) in [6.07, 6.45) is -8.59. The molecule has 0 aliphatic rings. The van der Waals surface area contributed by atoms with E-state index < -0.39 is 66.8 Å². The molecule has 9 nitrogen and oxygen atoms in total. The van der Waals surface area contributed by atoms with Gasteiger partial charge in [0.15, 0.2) is 24.3 Å². The van der Waals surface area contributed by atoms with Gasteiger partial charge in [-0.25, -0.2) is 16.8 Å². The second-order valence-corrected chi connectivity index (χ2v) is 9.61. The summed E-state index contributed by atoms with van der Waals surface area (Å²) in [6, 6.07) is 0. The molecule has 0 saturated carbocycles. The van der Waals surface area contributed by atoms with E-state index in [1.54, 1.807) is 0 Å². The summed E-state index contributed by atoms with van der Waals surface area (Å²) in [6.45, 7) is 1.38. The van der Waals surface area contributed by atoms with Crippen LogP contribution in [0.25, 0.3) is 0 Å². The minimum Gasteiger partial charge on any atom is -0.394 e. The van der Waals surface area contributed by atoms with Crippen LogP contribution in [0.1, 0.15) is 13.8 Å². The topological polar surface area (TPSA) is 169 Å². The molecular weight excluding hydrogens is 328 g/mol. The third-order valence-electron chi connectivity index (χ3n) is 3.07. The zero-order valence-corrected chi connectivity index (χ0v) is 13.3. The molecule has 0 unspecified atom stereocenters. The predicted octanol–water partition coefficient (Wildman–Crippen LogP) is -3.38. The summed E-state index contributed by atoms with van der Waals surface area (Å²) >= 11 is 0. The average Bonchev–Trinajstić information content (AvgIpc) is 2.44. The zero-order chi connectivity index (χ0) is 17.0. The molecule has 128 valence electrons. The van der Waals surface area contributed by atoms with Gasteiger partial charge in [0.25, 0.3) is 0 Å². The van der Waals surface area contributed by atoms with Crippen molar-refractivity contribution >= 4 is 19.7 Å². The van der Waals surface area contributed by atoms with Gasteiger partial charge >= 0.3 is 0 Å². The summed E-state index contributed by atoms with van der Waals surface area (Å²) in [5, 5.41) is 46.8. The Morgan fingerprint density at radius 1 is 0.762 bits per heavy atom. The molecule has 5 N–H and O–H groups in total. The van der Waals surface area contributed by atoms with Crippen LogP contribution in [0.3, 0.4) is 0 Å². The maximum absolute atomic E-state index is 11.9. The lowest BCUT2D eigenvalue weighted by Gasteiger charge is -2.30. The van der Waals surface area contributed by atoms with Crippen LogP contribution in [0.2, 0.25) is 0 Å². The first-order valence-electron chi connectivity index (χ1n) is 6.22. The number of hydrogen-bond donors (Lipinski definition) is 5. The Hall–Kier alpha value is -0.300. The number of rotatable bonds is 9. The lowest BCUT2D eigenvalue weighted by Crippen LogP contribution is -2.54. The molecule has 0 aliphatic carbocycles.